The molecular weight excluding hydrogens is 233 g/mol. The van der Waals surface area contributed by atoms with Crippen LogP contribution in [0.5, 0.6) is 0 Å². The van der Waals surface area contributed by atoms with Crippen LogP contribution in [-0.4, -0.2) is 31.3 Å². The number of nitrogens with zero attached hydrogens (tertiary/aromatic N) is 2. The summed E-state index contributed by atoms with van der Waals surface area (Å²) in [5.74, 6) is -1.88. The minimum atomic E-state index is -4.87. The number of para-hydroxylation sites is 2. The van der Waals surface area contributed by atoms with Crippen LogP contribution in [0.4, 0.5) is 24.5 Å². The minimum Gasteiger partial charge on any atom is -0.367 e. The Bertz CT molecular complexity index is 494. The molecule has 3 nitrogen and oxygen atoms in total. The van der Waals surface area contributed by atoms with Crippen LogP contribution in [-0.2, 0) is 4.79 Å². The zero-order chi connectivity index (χ0) is 12.6. The van der Waals surface area contributed by atoms with Gasteiger partial charge in [-0.15, -0.1) is 0 Å². The highest BCUT2D eigenvalue weighted by Gasteiger charge is 2.42. The molecule has 1 aliphatic heterocycles. The second kappa shape index (κ2) is 3.87. The summed E-state index contributed by atoms with van der Waals surface area (Å²) >= 11 is 0. The minimum absolute atomic E-state index is 0.130. The highest BCUT2D eigenvalue weighted by Crippen LogP contribution is 2.32. The second-order valence-corrected chi connectivity index (χ2v) is 3.73. The van der Waals surface area contributed by atoms with Gasteiger partial charge < -0.3 is 4.90 Å². The number of Topliss-reactive ketones (excluding diaryl/α,β-unsaturated/α-hetero) is 1. The highest BCUT2D eigenvalue weighted by atomic mass is 19.4. The zero-order valence-electron chi connectivity index (χ0n) is 8.95. The van der Waals surface area contributed by atoms with Gasteiger partial charge in [-0.2, -0.15) is 13.2 Å². The van der Waals surface area contributed by atoms with Crippen molar-refractivity contribution in [2.24, 2.45) is 4.99 Å². The van der Waals surface area contributed by atoms with E-state index in [2.05, 4.69) is 4.99 Å². The smallest absolute Gasteiger partial charge is 0.367 e. The fourth-order valence-electron chi connectivity index (χ4n) is 1.66. The maximum absolute atomic E-state index is 12.3. The van der Waals surface area contributed by atoms with Crippen LogP contribution in [0.3, 0.4) is 0 Å². The van der Waals surface area contributed by atoms with E-state index >= 15 is 0 Å². The summed E-state index contributed by atoms with van der Waals surface area (Å²) in [4.78, 5) is 16.4. The number of carbonyl (C=O) groups is 1. The number of benzene rings is 1. The molecule has 0 amide bonds. The molecule has 0 unspecified atom stereocenters. The first-order valence-electron chi connectivity index (χ1n) is 4.89. The number of anilines is 1. The van der Waals surface area contributed by atoms with Crippen molar-refractivity contribution in [3.63, 3.8) is 0 Å². The molecule has 17 heavy (non-hydrogen) atoms. The molecule has 0 radical (unpaired) electrons. The first-order chi connectivity index (χ1) is 7.89. The number of rotatable bonds is 1. The van der Waals surface area contributed by atoms with E-state index in [1.807, 2.05) is 0 Å². The van der Waals surface area contributed by atoms with E-state index in [4.69, 9.17) is 0 Å². The summed E-state index contributed by atoms with van der Waals surface area (Å²) in [6.45, 7) is -0.130. The van der Waals surface area contributed by atoms with Crippen molar-refractivity contribution in [3.05, 3.63) is 24.3 Å². The first kappa shape index (κ1) is 11.6. The molecule has 6 heteroatoms. The SMILES string of the molecule is CN1CC(C(=O)C(F)(F)F)=Nc2ccccc21. The zero-order valence-corrected chi connectivity index (χ0v) is 8.95. The number of fused-ring (bicyclic) bond motifs is 1. The lowest BCUT2D eigenvalue weighted by atomic mass is 10.1. The molecule has 0 saturated heterocycles. The second-order valence-electron chi connectivity index (χ2n) is 3.73. The summed E-state index contributed by atoms with van der Waals surface area (Å²) in [5, 5.41) is 0. The molecule has 0 bridgehead atoms. The Balaban J connectivity index is 2.42. The van der Waals surface area contributed by atoms with Gasteiger partial charge >= 0.3 is 6.18 Å². The van der Waals surface area contributed by atoms with Gasteiger partial charge in [0.1, 0.15) is 5.71 Å². The average molecular weight is 242 g/mol. The predicted molar refractivity (Wildman–Crippen MR) is 57.9 cm³/mol. The Morgan fingerprint density at radius 2 is 2.00 bits per heavy atom. The predicted octanol–water partition coefficient (Wildman–Crippen LogP) is 2.34. The average Bonchev–Trinajstić information content (AvgIpc) is 2.27. The molecule has 0 N–H and O–H groups in total. The van der Waals surface area contributed by atoms with Crippen molar-refractivity contribution in [1.29, 1.82) is 0 Å². The van der Waals surface area contributed by atoms with Gasteiger partial charge in [0, 0.05) is 7.05 Å². The number of alkyl halides is 3. The molecule has 0 aromatic heterocycles. The third-order valence-electron chi connectivity index (χ3n) is 2.45. The van der Waals surface area contributed by atoms with E-state index < -0.39 is 17.7 Å². The third-order valence-corrected chi connectivity index (χ3v) is 2.45. The maximum atomic E-state index is 12.3. The Morgan fingerprint density at radius 1 is 1.35 bits per heavy atom. The van der Waals surface area contributed by atoms with Crippen LogP contribution in [0.15, 0.2) is 29.3 Å². The Labute approximate surface area is 95.6 Å². The van der Waals surface area contributed by atoms with Crippen molar-refractivity contribution in [1.82, 2.24) is 0 Å². The number of ketones is 1. The number of carbonyl (C=O) groups excluding carboxylic acids is 1. The molecule has 0 fully saturated rings. The molecule has 0 atom stereocenters. The van der Waals surface area contributed by atoms with E-state index in [1.165, 1.54) is 0 Å². The molecule has 1 aromatic rings. The molecule has 0 aliphatic carbocycles. The number of hydrogen-bond acceptors (Lipinski definition) is 3. The van der Waals surface area contributed by atoms with E-state index in [1.54, 1.807) is 36.2 Å². The Kier molecular flexibility index (Phi) is 2.65. The molecule has 1 heterocycles. The van der Waals surface area contributed by atoms with Gasteiger partial charge in [-0.05, 0) is 12.1 Å². The largest absolute Gasteiger partial charge is 0.456 e. The number of aliphatic imine (C=N–C) groups is 1. The molecule has 1 aliphatic rings. The number of halogens is 3. The summed E-state index contributed by atoms with van der Waals surface area (Å²) in [7, 11) is 1.62. The molecule has 0 spiro atoms. The van der Waals surface area contributed by atoms with Crippen molar-refractivity contribution in [2.75, 3.05) is 18.5 Å². The van der Waals surface area contributed by atoms with Crippen molar-refractivity contribution in [2.45, 2.75) is 6.18 Å². The fourth-order valence-corrected chi connectivity index (χ4v) is 1.66. The lowest BCUT2D eigenvalue weighted by molar-refractivity contribution is -0.163. The van der Waals surface area contributed by atoms with Gasteiger partial charge in [-0.25, -0.2) is 4.99 Å². The van der Waals surface area contributed by atoms with E-state index in [0.29, 0.717) is 11.4 Å². The lowest BCUT2D eigenvalue weighted by Crippen LogP contribution is -2.39. The standard InChI is InChI=1S/C11H9F3N2O/c1-16-6-8(10(17)11(12,13)14)15-7-4-2-3-5-9(7)16/h2-5H,6H2,1H3. The van der Waals surface area contributed by atoms with Gasteiger partial charge in [-0.3, -0.25) is 4.79 Å². The van der Waals surface area contributed by atoms with Crippen LogP contribution < -0.4 is 4.90 Å². The first-order valence-corrected chi connectivity index (χ1v) is 4.89. The van der Waals surface area contributed by atoms with E-state index in [-0.39, 0.29) is 6.54 Å². The molecule has 1 aromatic carbocycles. The molecule has 2 rings (SSSR count). The van der Waals surface area contributed by atoms with Crippen molar-refractivity contribution < 1.29 is 18.0 Å². The molecule has 90 valence electrons. The normalized spacial score (nSPS) is 15.3. The Hall–Kier alpha value is -1.85. The van der Waals surface area contributed by atoms with Gasteiger partial charge in [0.2, 0.25) is 0 Å². The third kappa shape index (κ3) is 2.15. The van der Waals surface area contributed by atoms with Crippen molar-refractivity contribution in [3.8, 4) is 0 Å². The summed E-state index contributed by atoms with van der Waals surface area (Å²) < 4.78 is 36.9. The summed E-state index contributed by atoms with van der Waals surface area (Å²) in [5.41, 5.74) is 0.624. The van der Waals surface area contributed by atoms with Gasteiger partial charge in [0.25, 0.3) is 5.78 Å². The highest BCUT2D eigenvalue weighted by molar-refractivity contribution is 6.44. The van der Waals surface area contributed by atoms with Gasteiger partial charge in [0.15, 0.2) is 0 Å². The van der Waals surface area contributed by atoms with Gasteiger partial charge in [-0.1, -0.05) is 12.1 Å². The van der Waals surface area contributed by atoms with Crippen LogP contribution in [0.25, 0.3) is 0 Å². The van der Waals surface area contributed by atoms with Crippen LogP contribution in [0, 0.1) is 0 Å². The van der Waals surface area contributed by atoms with E-state index in [9.17, 15) is 18.0 Å². The van der Waals surface area contributed by atoms with Crippen molar-refractivity contribution >= 4 is 22.9 Å². The monoisotopic (exact) mass is 242 g/mol. The quantitative estimate of drug-likeness (QED) is 0.757. The number of hydrogen-bond donors (Lipinski definition) is 0. The van der Waals surface area contributed by atoms with Gasteiger partial charge in [0.05, 0.1) is 17.9 Å². The molecular formula is C11H9F3N2O. The van der Waals surface area contributed by atoms with Crippen LogP contribution >= 0.6 is 0 Å². The maximum Gasteiger partial charge on any atom is 0.456 e. The van der Waals surface area contributed by atoms with Crippen LogP contribution in [0.1, 0.15) is 0 Å². The summed E-state index contributed by atoms with van der Waals surface area (Å²) in [6.07, 6.45) is -4.87. The Morgan fingerprint density at radius 3 is 2.65 bits per heavy atom. The van der Waals surface area contributed by atoms with Crippen LogP contribution in [0.2, 0.25) is 0 Å². The topological polar surface area (TPSA) is 32.7 Å². The fraction of sp³-hybridized carbons (Fsp3) is 0.273. The van der Waals surface area contributed by atoms with E-state index in [0.717, 1.165) is 0 Å². The molecule has 0 saturated carbocycles. The lowest BCUT2D eigenvalue weighted by Gasteiger charge is -2.26. The summed E-state index contributed by atoms with van der Waals surface area (Å²) in [6, 6.07) is 6.75.